The zero-order chi connectivity index (χ0) is 21.5. The smallest absolute Gasteiger partial charge is 0.249 e. The van der Waals surface area contributed by atoms with Crippen LogP contribution in [0, 0.1) is 12.7 Å². The molecule has 0 aliphatic carbocycles. The largest absolute Gasteiger partial charge is 0.487 e. The lowest BCUT2D eigenvalue weighted by atomic mass is 10.1. The van der Waals surface area contributed by atoms with Gasteiger partial charge in [-0.2, -0.15) is 4.98 Å². The Kier molecular flexibility index (Phi) is 4.54. The minimum atomic E-state index is -0.483. The third-order valence-electron chi connectivity index (χ3n) is 5.35. The summed E-state index contributed by atoms with van der Waals surface area (Å²) < 4.78 is 21.2. The van der Waals surface area contributed by atoms with Crippen LogP contribution in [0.5, 0.6) is 5.75 Å². The molecule has 0 saturated heterocycles. The van der Waals surface area contributed by atoms with Crippen LogP contribution in [-0.4, -0.2) is 27.0 Å². The van der Waals surface area contributed by atoms with Gasteiger partial charge in [0.15, 0.2) is 11.6 Å². The number of nitrogens with two attached hydrogens (primary N) is 1. The fourth-order valence-electron chi connectivity index (χ4n) is 3.95. The Bertz CT molecular complexity index is 1330. The molecular weight excluding hydrogens is 397 g/mol. The van der Waals surface area contributed by atoms with Crippen LogP contribution >= 0.6 is 0 Å². The molecule has 2 aromatic carbocycles. The van der Waals surface area contributed by atoms with E-state index in [0.717, 1.165) is 27.9 Å². The van der Waals surface area contributed by atoms with Gasteiger partial charge in [-0.25, -0.2) is 9.37 Å². The quantitative estimate of drug-likeness (QED) is 0.518. The van der Waals surface area contributed by atoms with Crippen LogP contribution < -0.4 is 15.8 Å². The molecule has 7 nitrogen and oxygen atoms in total. The first-order chi connectivity index (χ1) is 15.0. The Balaban J connectivity index is 1.60. The van der Waals surface area contributed by atoms with Crippen molar-refractivity contribution in [3.63, 3.8) is 0 Å². The number of fused-ring (bicyclic) bond motifs is 2. The minimum Gasteiger partial charge on any atom is -0.487 e. The van der Waals surface area contributed by atoms with E-state index in [1.54, 1.807) is 18.2 Å². The summed E-state index contributed by atoms with van der Waals surface area (Å²) >= 11 is 0. The SMILES string of the molecule is Cc1cc2c(C(N)=O)cccc2n1-c1nc2c(c(NCc3cccc(F)c3)n1)OCC2. The molecule has 8 heteroatoms. The molecule has 2 aromatic heterocycles. The Morgan fingerprint density at radius 3 is 2.87 bits per heavy atom. The number of nitrogens with zero attached hydrogens (tertiary/aromatic N) is 3. The fourth-order valence-corrected chi connectivity index (χ4v) is 3.95. The van der Waals surface area contributed by atoms with Crippen molar-refractivity contribution in [3.05, 3.63) is 76.9 Å². The molecular formula is C23H20FN5O2. The van der Waals surface area contributed by atoms with E-state index in [4.69, 9.17) is 20.4 Å². The summed E-state index contributed by atoms with van der Waals surface area (Å²) in [4.78, 5) is 21.3. The van der Waals surface area contributed by atoms with Crippen molar-refractivity contribution in [1.82, 2.24) is 14.5 Å². The van der Waals surface area contributed by atoms with Crippen LogP contribution in [0.2, 0.25) is 0 Å². The second kappa shape index (κ2) is 7.39. The van der Waals surface area contributed by atoms with Crippen molar-refractivity contribution >= 4 is 22.6 Å². The number of hydrogen-bond donors (Lipinski definition) is 2. The van der Waals surface area contributed by atoms with Gasteiger partial charge in [-0.05, 0) is 42.8 Å². The highest BCUT2D eigenvalue weighted by Gasteiger charge is 2.23. The van der Waals surface area contributed by atoms with Crippen molar-refractivity contribution in [1.29, 1.82) is 0 Å². The number of halogens is 1. The Morgan fingerprint density at radius 2 is 2.06 bits per heavy atom. The molecule has 3 N–H and O–H groups in total. The number of ether oxygens (including phenoxy) is 1. The number of carbonyl (C=O) groups excluding carboxylic acids is 1. The number of nitrogens with one attached hydrogen (secondary N) is 1. The molecule has 0 spiro atoms. The van der Waals surface area contributed by atoms with E-state index in [1.165, 1.54) is 12.1 Å². The highest BCUT2D eigenvalue weighted by molar-refractivity contribution is 6.06. The summed E-state index contributed by atoms with van der Waals surface area (Å²) in [5.41, 5.74) is 9.27. The number of amides is 1. The van der Waals surface area contributed by atoms with Gasteiger partial charge in [0.25, 0.3) is 0 Å². The zero-order valence-corrected chi connectivity index (χ0v) is 16.9. The molecule has 0 saturated carbocycles. The first kappa shape index (κ1) is 19.0. The van der Waals surface area contributed by atoms with Gasteiger partial charge in [0.05, 0.1) is 17.8 Å². The van der Waals surface area contributed by atoms with Gasteiger partial charge < -0.3 is 15.8 Å². The summed E-state index contributed by atoms with van der Waals surface area (Å²) in [5, 5.41) is 4.01. The normalized spacial score (nSPS) is 12.6. The molecule has 31 heavy (non-hydrogen) atoms. The van der Waals surface area contributed by atoms with Crippen LogP contribution in [0.3, 0.4) is 0 Å². The number of anilines is 1. The van der Waals surface area contributed by atoms with E-state index in [0.29, 0.717) is 42.7 Å². The maximum absolute atomic E-state index is 13.5. The van der Waals surface area contributed by atoms with Gasteiger partial charge in [0.2, 0.25) is 11.9 Å². The summed E-state index contributed by atoms with van der Waals surface area (Å²) in [6.07, 6.45) is 0.671. The molecule has 0 bridgehead atoms. The third kappa shape index (κ3) is 3.35. The average Bonchev–Trinajstić information content (AvgIpc) is 3.35. The van der Waals surface area contributed by atoms with E-state index < -0.39 is 5.91 Å². The molecule has 1 aliphatic rings. The van der Waals surface area contributed by atoms with Crippen molar-refractivity contribution < 1.29 is 13.9 Å². The summed E-state index contributed by atoms with van der Waals surface area (Å²) in [5.74, 6) is 0.869. The predicted octanol–water partition coefficient (Wildman–Crippen LogP) is 3.51. The molecule has 4 aromatic rings. The molecule has 0 radical (unpaired) electrons. The molecule has 1 amide bonds. The van der Waals surface area contributed by atoms with Crippen LogP contribution in [0.15, 0.2) is 48.5 Å². The molecule has 1 aliphatic heterocycles. The number of primary amides is 1. The monoisotopic (exact) mass is 417 g/mol. The number of aryl methyl sites for hydroxylation is 1. The van der Waals surface area contributed by atoms with Crippen molar-refractivity contribution in [3.8, 4) is 11.7 Å². The van der Waals surface area contributed by atoms with Crippen molar-refractivity contribution in [2.45, 2.75) is 19.9 Å². The lowest BCUT2D eigenvalue weighted by Gasteiger charge is -2.13. The second-order valence-corrected chi connectivity index (χ2v) is 7.45. The average molecular weight is 417 g/mol. The van der Waals surface area contributed by atoms with Gasteiger partial charge in [-0.1, -0.05) is 18.2 Å². The van der Waals surface area contributed by atoms with Gasteiger partial charge in [-0.15, -0.1) is 0 Å². The third-order valence-corrected chi connectivity index (χ3v) is 5.35. The molecule has 0 unspecified atom stereocenters. The fraction of sp³-hybridized carbons (Fsp3) is 0.174. The summed E-state index contributed by atoms with van der Waals surface area (Å²) in [6.45, 7) is 2.85. The molecule has 0 atom stereocenters. The van der Waals surface area contributed by atoms with Gasteiger partial charge in [0, 0.05) is 29.6 Å². The molecule has 156 valence electrons. The number of aromatic nitrogens is 3. The number of carbonyl (C=O) groups is 1. The lowest BCUT2D eigenvalue weighted by Crippen LogP contribution is -2.11. The molecule has 5 rings (SSSR count). The maximum Gasteiger partial charge on any atom is 0.249 e. The first-order valence-electron chi connectivity index (χ1n) is 9.94. The topological polar surface area (TPSA) is 95.1 Å². The predicted molar refractivity (Wildman–Crippen MR) is 115 cm³/mol. The van der Waals surface area contributed by atoms with Crippen LogP contribution in [0.4, 0.5) is 10.2 Å². The lowest BCUT2D eigenvalue weighted by molar-refractivity contribution is 0.100. The maximum atomic E-state index is 13.5. The van der Waals surface area contributed by atoms with E-state index in [2.05, 4.69) is 5.32 Å². The molecule has 3 heterocycles. The van der Waals surface area contributed by atoms with Crippen LogP contribution in [0.1, 0.15) is 27.3 Å². The minimum absolute atomic E-state index is 0.288. The van der Waals surface area contributed by atoms with Crippen molar-refractivity contribution in [2.75, 3.05) is 11.9 Å². The highest BCUT2D eigenvalue weighted by Crippen LogP contribution is 2.34. The summed E-state index contributed by atoms with van der Waals surface area (Å²) in [7, 11) is 0. The van der Waals surface area contributed by atoms with Crippen LogP contribution in [-0.2, 0) is 13.0 Å². The number of hydrogen-bond acceptors (Lipinski definition) is 5. The Hall–Kier alpha value is -3.94. The van der Waals surface area contributed by atoms with E-state index in [9.17, 15) is 9.18 Å². The number of benzene rings is 2. The van der Waals surface area contributed by atoms with Gasteiger partial charge >= 0.3 is 0 Å². The van der Waals surface area contributed by atoms with Crippen molar-refractivity contribution in [2.24, 2.45) is 5.73 Å². The van der Waals surface area contributed by atoms with Crippen LogP contribution in [0.25, 0.3) is 16.9 Å². The van der Waals surface area contributed by atoms with E-state index >= 15 is 0 Å². The second-order valence-electron chi connectivity index (χ2n) is 7.45. The standard InChI is InChI=1S/C23H20FN5O2/c1-13-10-17-16(21(25)30)6-3-7-19(17)29(13)23-27-18-8-9-31-20(18)22(28-23)26-12-14-4-2-5-15(24)11-14/h2-7,10-11H,8-9,12H2,1H3,(H2,25,30)(H,26,27,28). The first-order valence-corrected chi connectivity index (χ1v) is 9.94. The molecule has 0 fully saturated rings. The van der Waals surface area contributed by atoms with Gasteiger partial charge in [-0.3, -0.25) is 9.36 Å². The van der Waals surface area contributed by atoms with Gasteiger partial charge in [0.1, 0.15) is 5.82 Å². The highest BCUT2D eigenvalue weighted by atomic mass is 19.1. The number of rotatable bonds is 5. The van der Waals surface area contributed by atoms with E-state index in [1.807, 2.05) is 29.7 Å². The summed E-state index contributed by atoms with van der Waals surface area (Å²) in [6, 6.07) is 13.7. The Morgan fingerprint density at radius 1 is 1.23 bits per heavy atom. The van der Waals surface area contributed by atoms with E-state index in [-0.39, 0.29) is 5.82 Å². The Labute approximate surface area is 177 Å². The zero-order valence-electron chi connectivity index (χ0n) is 16.9.